The summed E-state index contributed by atoms with van der Waals surface area (Å²) < 4.78 is 10.0. The molecule has 4 nitrogen and oxygen atoms in total. The van der Waals surface area contributed by atoms with E-state index in [-0.39, 0.29) is 17.7 Å². The lowest BCUT2D eigenvalue weighted by atomic mass is 10.0. The second-order valence-corrected chi connectivity index (χ2v) is 3.70. The van der Waals surface area contributed by atoms with Crippen LogP contribution in [-0.4, -0.2) is 19.7 Å². The molecule has 0 amide bonds. The van der Waals surface area contributed by atoms with Gasteiger partial charge in [-0.3, -0.25) is 0 Å². The standard InChI is InChI=1S/C12H12BrNO3/c1-3-17-12(15)11-8(6-13)4-5-10(16-2)9(11)7-14/h4-5H,3,6H2,1-2H3. The molecule has 1 rings (SSSR count). The quantitative estimate of drug-likeness (QED) is 0.633. The molecule has 0 saturated carbocycles. The van der Waals surface area contributed by atoms with Crippen molar-refractivity contribution in [3.63, 3.8) is 0 Å². The summed E-state index contributed by atoms with van der Waals surface area (Å²) >= 11 is 3.28. The van der Waals surface area contributed by atoms with E-state index >= 15 is 0 Å². The monoisotopic (exact) mass is 297 g/mol. The van der Waals surface area contributed by atoms with Gasteiger partial charge in [-0.25, -0.2) is 4.79 Å². The highest BCUT2D eigenvalue weighted by atomic mass is 79.9. The third-order valence-corrected chi connectivity index (χ3v) is 2.81. The Bertz CT molecular complexity index is 466. The number of nitriles is 1. The van der Waals surface area contributed by atoms with Gasteiger partial charge in [-0.1, -0.05) is 22.0 Å². The maximum atomic E-state index is 11.8. The Morgan fingerprint density at radius 1 is 1.53 bits per heavy atom. The van der Waals surface area contributed by atoms with Gasteiger partial charge < -0.3 is 9.47 Å². The van der Waals surface area contributed by atoms with Crippen molar-refractivity contribution in [2.75, 3.05) is 13.7 Å². The molecule has 0 atom stereocenters. The maximum absolute atomic E-state index is 11.8. The van der Waals surface area contributed by atoms with E-state index < -0.39 is 5.97 Å². The largest absolute Gasteiger partial charge is 0.495 e. The molecule has 5 heteroatoms. The first-order valence-corrected chi connectivity index (χ1v) is 6.14. The summed E-state index contributed by atoms with van der Waals surface area (Å²) in [5.41, 5.74) is 1.19. The summed E-state index contributed by atoms with van der Waals surface area (Å²) in [4.78, 5) is 11.8. The van der Waals surface area contributed by atoms with Crippen LogP contribution in [0.3, 0.4) is 0 Å². The summed E-state index contributed by atoms with van der Waals surface area (Å²) in [6.45, 7) is 1.99. The maximum Gasteiger partial charge on any atom is 0.339 e. The Kier molecular flexibility index (Phi) is 4.98. The molecule has 0 fully saturated rings. The second kappa shape index (κ2) is 6.26. The minimum absolute atomic E-state index is 0.211. The Balaban J connectivity index is 3.41. The lowest BCUT2D eigenvalue weighted by Crippen LogP contribution is -2.11. The zero-order valence-electron chi connectivity index (χ0n) is 9.62. The third-order valence-electron chi connectivity index (χ3n) is 2.21. The molecule has 0 aliphatic carbocycles. The number of esters is 1. The molecule has 0 aromatic heterocycles. The Hall–Kier alpha value is -1.54. The van der Waals surface area contributed by atoms with Gasteiger partial charge in [0.15, 0.2) is 0 Å². The SMILES string of the molecule is CCOC(=O)c1c(CBr)ccc(OC)c1C#N. The molecule has 0 aliphatic rings. The Labute approximate surface area is 108 Å². The van der Waals surface area contributed by atoms with Gasteiger partial charge >= 0.3 is 5.97 Å². The van der Waals surface area contributed by atoms with Crippen LogP contribution < -0.4 is 4.74 Å². The summed E-state index contributed by atoms with van der Waals surface area (Å²) in [5.74, 6) is -0.127. The molecule has 0 unspecified atom stereocenters. The van der Waals surface area contributed by atoms with E-state index in [1.165, 1.54) is 7.11 Å². The van der Waals surface area contributed by atoms with Crippen LogP contribution in [0.4, 0.5) is 0 Å². The van der Waals surface area contributed by atoms with Crippen molar-refractivity contribution >= 4 is 21.9 Å². The average Bonchev–Trinajstić information content (AvgIpc) is 2.36. The topological polar surface area (TPSA) is 59.3 Å². The normalized spacial score (nSPS) is 9.53. The highest BCUT2D eigenvalue weighted by molar-refractivity contribution is 9.08. The molecule has 1 aromatic rings. The number of hydrogen-bond donors (Lipinski definition) is 0. The first-order chi connectivity index (χ1) is 8.19. The van der Waals surface area contributed by atoms with E-state index in [4.69, 9.17) is 14.7 Å². The van der Waals surface area contributed by atoms with Crippen LogP contribution >= 0.6 is 15.9 Å². The fourth-order valence-corrected chi connectivity index (χ4v) is 1.92. The van der Waals surface area contributed by atoms with Gasteiger partial charge in [-0.2, -0.15) is 5.26 Å². The van der Waals surface area contributed by atoms with Gasteiger partial charge in [0.25, 0.3) is 0 Å². The van der Waals surface area contributed by atoms with Gasteiger partial charge in [0, 0.05) is 5.33 Å². The molecule has 0 saturated heterocycles. The molecular weight excluding hydrogens is 286 g/mol. The fraction of sp³-hybridized carbons (Fsp3) is 0.333. The Morgan fingerprint density at radius 3 is 2.71 bits per heavy atom. The number of methoxy groups -OCH3 is 1. The van der Waals surface area contributed by atoms with Crippen LogP contribution in [0.25, 0.3) is 0 Å². The minimum atomic E-state index is -0.502. The Morgan fingerprint density at radius 2 is 2.24 bits per heavy atom. The molecule has 0 N–H and O–H groups in total. The molecule has 0 radical (unpaired) electrons. The van der Waals surface area contributed by atoms with Crippen molar-refractivity contribution in [1.82, 2.24) is 0 Å². The van der Waals surface area contributed by atoms with E-state index in [1.54, 1.807) is 19.1 Å². The molecule has 90 valence electrons. The van der Waals surface area contributed by atoms with Crippen molar-refractivity contribution in [3.8, 4) is 11.8 Å². The van der Waals surface area contributed by atoms with E-state index in [0.717, 1.165) is 0 Å². The average molecular weight is 298 g/mol. The van der Waals surface area contributed by atoms with Crippen LogP contribution in [0.15, 0.2) is 12.1 Å². The van der Waals surface area contributed by atoms with Crippen molar-refractivity contribution in [3.05, 3.63) is 28.8 Å². The number of carbonyl (C=O) groups excluding carboxylic acids is 1. The summed E-state index contributed by atoms with van der Waals surface area (Å²) in [5, 5.41) is 9.59. The molecule has 0 spiro atoms. The van der Waals surface area contributed by atoms with Gasteiger partial charge in [0.05, 0.1) is 19.3 Å². The summed E-state index contributed by atoms with van der Waals surface area (Å²) in [6.07, 6.45) is 0. The van der Waals surface area contributed by atoms with Gasteiger partial charge in [-0.15, -0.1) is 0 Å². The number of benzene rings is 1. The summed E-state index contributed by atoms with van der Waals surface area (Å²) in [6, 6.07) is 5.38. The van der Waals surface area contributed by atoms with Crippen LogP contribution in [0, 0.1) is 11.3 Å². The number of rotatable bonds is 4. The highest BCUT2D eigenvalue weighted by Gasteiger charge is 2.20. The molecule has 0 aliphatic heterocycles. The van der Waals surface area contributed by atoms with Crippen LogP contribution in [0.1, 0.15) is 28.4 Å². The van der Waals surface area contributed by atoms with Gasteiger partial charge in [-0.05, 0) is 18.6 Å². The molecular formula is C12H12BrNO3. The minimum Gasteiger partial charge on any atom is -0.495 e. The summed E-state index contributed by atoms with van der Waals surface area (Å²) in [7, 11) is 1.46. The lowest BCUT2D eigenvalue weighted by molar-refractivity contribution is 0.0524. The van der Waals surface area contributed by atoms with Crippen LogP contribution in [0.5, 0.6) is 5.75 Å². The van der Waals surface area contributed by atoms with Crippen molar-refractivity contribution in [2.45, 2.75) is 12.3 Å². The van der Waals surface area contributed by atoms with Gasteiger partial charge in [0.2, 0.25) is 0 Å². The second-order valence-electron chi connectivity index (χ2n) is 3.14. The zero-order valence-corrected chi connectivity index (χ0v) is 11.2. The lowest BCUT2D eigenvalue weighted by Gasteiger charge is -2.11. The number of nitrogens with zero attached hydrogens (tertiary/aromatic N) is 1. The van der Waals surface area contributed by atoms with E-state index in [1.807, 2.05) is 6.07 Å². The van der Waals surface area contributed by atoms with Crippen molar-refractivity contribution in [2.24, 2.45) is 0 Å². The van der Waals surface area contributed by atoms with Crippen molar-refractivity contribution in [1.29, 1.82) is 5.26 Å². The van der Waals surface area contributed by atoms with Crippen LogP contribution in [-0.2, 0) is 10.1 Å². The first kappa shape index (κ1) is 13.5. The predicted molar refractivity (Wildman–Crippen MR) is 66.3 cm³/mol. The molecule has 0 bridgehead atoms. The first-order valence-electron chi connectivity index (χ1n) is 5.02. The smallest absolute Gasteiger partial charge is 0.339 e. The number of ether oxygens (including phenoxy) is 2. The van der Waals surface area contributed by atoms with E-state index in [2.05, 4.69) is 15.9 Å². The molecule has 0 heterocycles. The zero-order chi connectivity index (χ0) is 12.8. The van der Waals surface area contributed by atoms with Crippen LogP contribution in [0.2, 0.25) is 0 Å². The number of alkyl halides is 1. The van der Waals surface area contributed by atoms with Crippen molar-refractivity contribution < 1.29 is 14.3 Å². The molecule has 17 heavy (non-hydrogen) atoms. The molecule has 1 aromatic carbocycles. The fourth-order valence-electron chi connectivity index (χ4n) is 1.46. The number of carbonyl (C=O) groups is 1. The van der Waals surface area contributed by atoms with E-state index in [0.29, 0.717) is 16.6 Å². The number of hydrogen-bond acceptors (Lipinski definition) is 4. The predicted octanol–water partition coefficient (Wildman–Crippen LogP) is 2.64. The van der Waals surface area contributed by atoms with Gasteiger partial charge in [0.1, 0.15) is 17.4 Å². The highest BCUT2D eigenvalue weighted by Crippen LogP contribution is 2.27. The third kappa shape index (κ3) is 2.77. The number of halogens is 1. The van der Waals surface area contributed by atoms with E-state index in [9.17, 15) is 4.79 Å².